The monoisotopic (exact) mass is 162 g/mol. The van der Waals surface area contributed by atoms with Gasteiger partial charge in [0.25, 0.3) is 0 Å². The summed E-state index contributed by atoms with van der Waals surface area (Å²) in [6.07, 6.45) is 1.93. The summed E-state index contributed by atoms with van der Waals surface area (Å²) >= 11 is 0. The lowest BCUT2D eigenvalue weighted by atomic mass is 9.47. The van der Waals surface area contributed by atoms with Gasteiger partial charge in [-0.25, -0.2) is 0 Å². The zero-order valence-corrected chi connectivity index (χ0v) is 8.26. The summed E-state index contributed by atoms with van der Waals surface area (Å²) in [7, 11) is 11.7. The van der Waals surface area contributed by atoms with Gasteiger partial charge in [-0.15, -0.1) is 0 Å². The van der Waals surface area contributed by atoms with Crippen molar-refractivity contribution in [3.63, 3.8) is 0 Å². The molecule has 0 aromatic rings. The molecule has 1 saturated heterocycles. The molecule has 1 rings (SSSR count). The predicted octanol–water partition coefficient (Wildman–Crippen LogP) is 1.66. The van der Waals surface area contributed by atoms with Gasteiger partial charge in [0.1, 0.15) is 0 Å². The van der Waals surface area contributed by atoms with Gasteiger partial charge in [-0.2, -0.15) is 0 Å². The molecule has 0 amide bonds. The van der Waals surface area contributed by atoms with Crippen molar-refractivity contribution in [2.45, 2.75) is 44.4 Å². The highest BCUT2D eigenvalue weighted by molar-refractivity contribution is 6.39. The molecular weight excluding hydrogens is 146 g/mol. The van der Waals surface area contributed by atoms with Gasteiger partial charge in [-0.3, -0.25) is 0 Å². The lowest BCUT2D eigenvalue weighted by Crippen LogP contribution is -2.38. The number of hydrogen-bond acceptors (Lipinski definition) is 1. The fourth-order valence-electron chi connectivity index (χ4n) is 1.76. The molecule has 1 heterocycles. The van der Waals surface area contributed by atoms with Crippen molar-refractivity contribution >= 4 is 15.7 Å². The van der Waals surface area contributed by atoms with Crippen LogP contribution in [0.2, 0.25) is 5.21 Å². The molecule has 1 aliphatic heterocycles. The molecule has 3 heteroatoms. The van der Waals surface area contributed by atoms with E-state index in [4.69, 9.17) is 20.4 Å². The Morgan fingerprint density at radius 2 is 2.00 bits per heavy atom. The molecule has 0 aromatic carbocycles. The molecule has 1 fully saturated rings. The van der Waals surface area contributed by atoms with E-state index in [9.17, 15) is 0 Å². The van der Waals surface area contributed by atoms with Crippen molar-refractivity contribution in [1.82, 2.24) is 0 Å². The first-order valence-corrected chi connectivity index (χ1v) is 4.53. The van der Waals surface area contributed by atoms with Crippen LogP contribution in [-0.4, -0.2) is 27.9 Å². The summed E-state index contributed by atoms with van der Waals surface area (Å²) in [5.74, 6) is 0.376. The molecule has 1 aliphatic rings. The molecule has 12 heavy (non-hydrogen) atoms. The first-order chi connectivity index (χ1) is 5.31. The highest BCUT2D eigenvalue weighted by atomic mass is 16.5. The van der Waals surface area contributed by atoms with Crippen LogP contribution in [0.25, 0.3) is 0 Å². The summed E-state index contributed by atoms with van der Waals surface area (Å²) in [6.45, 7) is 6.84. The molecule has 64 valence electrons. The molecule has 1 unspecified atom stereocenters. The highest BCUT2D eigenvalue weighted by Gasteiger charge is 2.34. The van der Waals surface area contributed by atoms with E-state index in [0.29, 0.717) is 5.92 Å². The van der Waals surface area contributed by atoms with E-state index in [2.05, 4.69) is 13.8 Å². The average Bonchev–Trinajstić information content (AvgIpc) is 1.83. The van der Waals surface area contributed by atoms with Crippen LogP contribution in [0.1, 0.15) is 33.6 Å². The van der Waals surface area contributed by atoms with Crippen LogP contribution in [0.3, 0.4) is 0 Å². The van der Waals surface area contributed by atoms with Gasteiger partial charge in [-0.05, 0) is 32.6 Å². The van der Waals surface area contributed by atoms with E-state index < -0.39 is 5.21 Å². The Bertz CT molecular complexity index is 157. The van der Waals surface area contributed by atoms with Gasteiger partial charge in [0, 0.05) is 6.61 Å². The van der Waals surface area contributed by atoms with E-state index in [1.807, 2.05) is 6.92 Å². The van der Waals surface area contributed by atoms with E-state index in [-0.39, 0.29) is 5.60 Å². The Labute approximate surface area is 78.1 Å². The summed E-state index contributed by atoms with van der Waals surface area (Å²) in [5, 5.41) is -0.555. The average molecular weight is 162 g/mol. The van der Waals surface area contributed by atoms with E-state index >= 15 is 0 Å². The molecule has 4 radical (unpaired) electrons. The fourth-order valence-corrected chi connectivity index (χ4v) is 1.76. The molecule has 0 aromatic heterocycles. The summed E-state index contributed by atoms with van der Waals surface area (Å²) < 4.78 is 5.58. The number of ether oxygens (including phenoxy) is 1. The van der Waals surface area contributed by atoms with Crippen molar-refractivity contribution < 1.29 is 4.74 Å². The maximum Gasteiger partial charge on any atom is 0.0628 e. The first kappa shape index (κ1) is 10.2. The molecule has 1 atom stereocenters. The van der Waals surface area contributed by atoms with Gasteiger partial charge in [0.05, 0.1) is 21.3 Å². The third-order valence-corrected chi connectivity index (χ3v) is 2.58. The maximum atomic E-state index is 5.85. The van der Waals surface area contributed by atoms with Gasteiger partial charge in [-0.1, -0.05) is 12.1 Å². The van der Waals surface area contributed by atoms with Crippen LogP contribution in [0, 0.1) is 5.92 Å². The van der Waals surface area contributed by atoms with Crippen molar-refractivity contribution in [3.8, 4) is 0 Å². The van der Waals surface area contributed by atoms with Crippen molar-refractivity contribution in [2.75, 3.05) is 6.61 Å². The third-order valence-electron chi connectivity index (χ3n) is 2.58. The van der Waals surface area contributed by atoms with Gasteiger partial charge >= 0.3 is 0 Å². The zero-order valence-electron chi connectivity index (χ0n) is 8.26. The molecule has 0 bridgehead atoms. The molecule has 0 spiro atoms. The smallest absolute Gasteiger partial charge is 0.0628 e. The number of rotatable bonds is 1. The molecule has 1 nitrogen and oxygen atoms in total. The third kappa shape index (κ3) is 2.55. The summed E-state index contributed by atoms with van der Waals surface area (Å²) in [6, 6.07) is 0. The summed E-state index contributed by atoms with van der Waals surface area (Å²) in [5.41, 5.74) is -0.0527. The lowest BCUT2D eigenvalue weighted by Gasteiger charge is -2.42. The van der Waals surface area contributed by atoms with Crippen molar-refractivity contribution in [3.05, 3.63) is 0 Å². The fraction of sp³-hybridized carbons (Fsp3) is 1.00. The normalized spacial score (nSPS) is 30.1. The largest absolute Gasteiger partial charge is 0.376 e. The first-order valence-electron chi connectivity index (χ1n) is 4.53. The minimum Gasteiger partial charge on any atom is -0.376 e. The van der Waals surface area contributed by atoms with E-state index in [1.54, 1.807) is 0 Å². The van der Waals surface area contributed by atoms with Gasteiger partial charge in [0.2, 0.25) is 0 Å². The second-order valence-electron chi connectivity index (χ2n) is 4.66. The second-order valence-corrected chi connectivity index (χ2v) is 4.66. The molecule has 0 saturated carbocycles. The second kappa shape index (κ2) is 3.10. The Balaban J connectivity index is 2.58. The van der Waals surface area contributed by atoms with E-state index in [1.165, 1.54) is 0 Å². The molecule has 0 N–H and O–H groups in total. The van der Waals surface area contributed by atoms with Crippen LogP contribution in [0.5, 0.6) is 0 Å². The van der Waals surface area contributed by atoms with Crippen LogP contribution >= 0.6 is 0 Å². The Hall–Kier alpha value is 0.0899. The van der Waals surface area contributed by atoms with E-state index in [0.717, 1.165) is 19.4 Å². The zero-order chi connectivity index (χ0) is 9.41. The standard InChI is InChI=1S/C9H16B2O/c1-8(2)6-7(4-5-12-8)9(3,10)11/h7H,4-6H2,1-3H3. The Morgan fingerprint density at radius 3 is 2.33 bits per heavy atom. The predicted molar refractivity (Wildman–Crippen MR) is 52.6 cm³/mol. The van der Waals surface area contributed by atoms with Crippen LogP contribution < -0.4 is 0 Å². The summed E-state index contributed by atoms with van der Waals surface area (Å²) in [4.78, 5) is 0. The van der Waals surface area contributed by atoms with Crippen LogP contribution in [0.15, 0.2) is 0 Å². The van der Waals surface area contributed by atoms with Crippen molar-refractivity contribution in [2.24, 2.45) is 5.92 Å². The highest BCUT2D eigenvalue weighted by Crippen LogP contribution is 2.40. The number of hydrogen-bond donors (Lipinski definition) is 0. The topological polar surface area (TPSA) is 9.23 Å². The molecule has 0 aliphatic carbocycles. The van der Waals surface area contributed by atoms with Crippen LogP contribution in [-0.2, 0) is 4.74 Å². The van der Waals surface area contributed by atoms with Crippen molar-refractivity contribution in [1.29, 1.82) is 0 Å². The van der Waals surface area contributed by atoms with Crippen LogP contribution in [0.4, 0.5) is 0 Å². The Morgan fingerprint density at radius 1 is 1.42 bits per heavy atom. The SMILES string of the molecule is [B]C([B])(C)C1CCOC(C)(C)C1. The van der Waals surface area contributed by atoms with Gasteiger partial charge in [0.15, 0.2) is 0 Å². The maximum absolute atomic E-state index is 5.85. The Kier molecular flexibility index (Phi) is 2.63. The lowest BCUT2D eigenvalue weighted by molar-refractivity contribution is -0.0747. The van der Waals surface area contributed by atoms with Gasteiger partial charge < -0.3 is 4.74 Å². The minimum absolute atomic E-state index is 0.0527. The molecular formula is C9H16B2O. The minimum atomic E-state index is -0.555. The quantitative estimate of drug-likeness (QED) is 0.532.